The molecule has 126 valence electrons. The largest absolute Gasteiger partial charge is 0.497 e. The van der Waals surface area contributed by atoms with Crippen LogP contribution in [0.25, 0.3) is 0 Å². The summed E-state index contributed by atoms with van der Waals surface area (Å²) in [5.74, 6) is 0.677. The van der Waals surface area contributed by atoms with Gasteiger partial charge in [0, 0.05) is 5.56 Å². The van der Waals surface area contributed by atoms with Crippen LogP contribution in [-0.4, -0.2) is 25.5 Å². The minimum absolute atomic E-state index is 0.198. The predicted octanol–water partition coefficient (Wildman–Crippen LogP) is 3.15. The molecular weight excluding hydrogens is 306 g/mol. The molecule has 5 nitrogen and oxygen atoms in total. The van der Waals surface area contributed by atoms with Crippen LogP contribution in [0.1, 0.15) is 35.7 Å². The molecule has 0 saturated carbocycles. The molecule has 0 saturated heterocycles. The number of hydrogen-bond acceptors (Lipinski definition) is 4. The Morgan fingerprint density at radius 3 is 2.08 bits per heavy atom. The fourth-order valence-electron chi connectivity index (χ4n) is 2.09. The summed E-state index contributed by atoms with van der Waals surface area (Å²) < 4.78 is 10.2. The maximum Gasteiger partial charge on any atom is 0.330 e. The van der Waals surface area contributed by atoms with Gasteiger partial charge in [0.05, 0.1) is 7.11 Å². The molecule has 0 radical (unpaired) electrons. The second kappa shape index (κ2) is 8.15. The molecule has 24 heavy (non-hydrogen) atoms. The number of carbonyl (C=O) groups is 2. The number of carbonyl (C=O) groups excluding carboxylic acids is 2. The normalized spacial score (nSPS) is 10.3. The Hall–Kier alpha value is -2.82. The second-order valence-corrected chi connectivity index (χ2v) is 5.61. The van der Waals surface area contributed by atoms with Crippen LogP contribution in [0, 0.1) is 0 Å². The predicted molar refractivity (Wildman–Crippen MR) is 91.5 cm³/mol. The molecule has 0 aliphatic rings. The summed E-state index contributed by atoms with van der Waals surface area (Å²) >= 11 is 0. The SMILES string of the molecule is COc1ccc(C(=O)NCC(=O)Oc2ccc(C(C)C)cc2)cc1. The number of hydrogen-bond donors (Lipinski definition) is 1. The molecule has 0 unspecified atom stereocenters. The van der Waals surface area contributed by atoms with E-state index >= 15 is 0 Å². The van der Waals surface area contributed by atoms with Crippen LogP contribution in [0.4, 0.5) is 0 Å². The highest BCUT2D eigenvalue weighted by atomic mass is 16.5. The summed E-state index contributed by atoms with van der Waals surface area (Å²) in [6, 6.07) is 14.0. The first-order valence-electron chi connectivity index (χ1n) is 7.72. The van der Waals surface area contributed by atoms with E-state index in [1.54, 1.807) is 43.5 Å². The van der Waals surface area contributed by atoms with Crippen LogP contribution >= 0.6 is 0 Å². The summed E-state index contributed by atoms with van der Waals surface area (Å²) in [7, 11) is 1.55. The van der Waals surface area contributed by atoms with Crippen molar-refractivity contribution in [1.29, 1.82) is 0 Å². The van der Waals surface area contributed by atoms with Crippen LogP contribution in [0.5, 0.6) is 11.5 Å². The third kappa shape index (κ3) is 4.84. The van der Waals surface area contributed by atoms with Gasteiger partial charge in [0.15, 0.2) is 0 Å². The zero-order valence-electron chi connectivity index (χ0n) is 14.0. The quantitative estimate of drug-likeness (QED) is 0.654. The second-order valence-electron chi connectivity index (χ2n) is 5.61. The van der Waals surface area contributed by atoms with Gasteiger partial charge < -0.3 is 14.8 Å². The molecule has 0 heterocycles. The van der Waals surface area contributed by atoms with Gasteiger partial charge in [-0.15, -0.1) is 0 Å². The van der Waals surface area contributed by atoms with E-state index in [1.807, 2.05) is 12.1 Å². The fourth-order valence-corrected chi connectivity index (χ4v) is 2.09. The number of rotatable bonds is 6. The van der Waals surface area contributed by atoms with E-state index in [9.17, 15) is 9.59 Å². The van der Waals surface area contributed by atoms with Gasteiger partial charge in [0.2, 0.25) is 0 Å². The summed E-state index contributed by atoms with van der Waals surface area (Å²) in [6.07, 6.45) is 0. The lowest BCUT2D eigenvalue weighted by molar-refractivity contribution is -0.133. The average molecular weight is 327 g/mol. The Labute approximate surface area is 141 Å². The number of ether oxygens (including phenoxy) is 2. The van der Waals surface area contributed by atoms with E-state index < -0.39 is 5.97 Å². The molecule has 5 heteroatoms. The minimum Gasteiger partial charge on any atom is -0.497 e. The summed E-state index contributed by atoms with van der Waals surface area (Å²) in [4.78, 5) is 23.8. The highest BCUT2D eigenvalue weighted by Gasteiger charge is 2.10. The topological polar surface area (TPSA) is 64.6 Å². The third-order valence-corrected chi connectivity index (χ3v) is 3.52. The molecule has 0 aromatic heterocycles. The number of esters is 1. The Morgan fingerprint density at radius 2 is 1.54 bits per heavy atom. The van der Waals surface area contributed by atoms with Gasteiger partial charge in [-0.25, -0.2) is 4.79 Å². The van der Waals surface area contributed by atoms with E-state index in [-0.39, 0.29) is 12.5 Å². The molecule has 2 aromatic rings. The van der Waals surface area contributed by atoms with Crippen LogP contribution in [-0.2, 0) is 4.79 Å². The Bertz CT molecular complexity index is 690. The van der Waals surface area contributed by atoms with Crippen LogP contribution in [0.3, 0.4) is 0 Å². The maximum absolute atomic E-state index is 12.0. The molecule has 1 amide bonds. The van der Waals surface area contributed by atoms with Crippen molar-refractivity contribution in [1.82, 2.24) is 5.32 Å². The summed E-state index contributed by atoms with van der Waals surface area (Å²) in [5.41, 5.74) is 1.62. The number of benzene rings is 2. The van der Waals surface area contributed by atoms with Gasteiger partial charge in [-0.3, -0.25) is 4.79 Å². The van der Waals surface area contributed by atoms with Crippen molar-refractivity contribution < 1.29 is 19.1 Å². The lowest BCUT2D eigenvalue weighted by Crippen LogP contribution is -2.31. The lowest BCUT2D eigenvalue weighted by Gasteiger charge is -2.08. The third-order valence-electron chi connectivity index (χ3n) is 3.52. The van der Waals surface area contributed by atoms with Crippen molar-refractivity contribution in [2.75, 3.05) is 13.7 Å². The first-order valence-corrected chi connectivity index (χ1v) is 7.72. The Balaban J connectivity index is 1.84. The number of amides is 1. The van der Waals surface area contributed by atoms with Gasteiger partial charge in [-0.05, 0) is 47.9 Å². The van der Waals surface area contributed by atoms with E-state index in [2.05, 4.69) is 19.2 Å². The van der Waals surface area contributed by atoms with Gasteiger partial charge in [0.25, 0.3) is 5.91 Å². The van der Waals surface area contributed by atoms with Crippen molar-refractivity contribution in [3.05, 3.63) is 59.7 Å². The van der Waals surface area contributed by atoms with E-state index in [4.69, 9.17) is 9.47 Å². The van der Waals surface area contributed by atoms with Crippen molar-refractivity contribution in [3.63, 3.8) is 0 Å². The van der Waals surface area contributed by atoms with Crippen molar-refractivity contribution >= 4 is 11.9 Å². The van der Waals surface area contributed by atoms with Crippen LogP contribution < -0.4 is 14.8 Å². The highest BCUT2D eigenvalue weighted by Crippen LogP contribution is 2.18. The lowest BCUT2D eigenvalue weighted by atomic mass is 10.0. The Kier molecular flexibility index (Phi) is 5.95. The number of nitrogens with one attached hydrogen (secondary N) is 1. The standard InChI is InChI=1S/C19H21NO4/c1-13(2)14-4-10-17(11-5-14)24-18(21)12-20-19(22)15-6-8-16(23-3)9-7-15/h4-11,13H,12H2,1-3H3,(H,20,22). The molecule has 0 aliphatic heterocycles. The molecule has 0 aliphatic carbocycles. The molecule has 2 rings (SSSR count). The molecule has 0 spiro atoms. The van der Waals surface area contributed by atoms with Crippen LogP contribution in [0.2, 0.25) is 0 Å². The zero-order valence-corrected chi connectivity index (χ0v) is 14.0. The molecule has 1 N–H and O–H groups in total. The van der Waals surface area contributed by atoms with Gasteiger partial charge in [0.1, 0.15) is 18.0 Å². The van der Waals surface area contributed by atoms with Crippen molar-refractivity contribution in [2.45, 2.75) is 19.8 Å². The van der Waals surface area contributed by atoms with Crippen molar-refractivity contribution in [2.24, 2.45) is 0 Å². The minimum atomic E-state index is -0.519. The molecule has 2 aromatic carbocycles. The first-order chi connectivity index (χ1) is 11.5. The summed E-state index contributed by atoms with van der Waals surface area (Å²) in [5, 5.41) is 2.53. The first kappa shape index (κ1) is 17.5. The highest BCUT2D eigenvalue weighted by molar-refractivity contribution is 5.96. The van der Waals surface area contributed by atoms with Crippen molar-refractivity contribution in [3.8, 4) is 11.5 Å². The molecule has 0 fully saturated rings. The van der Waals surface area contributed by atoms with Crippen LogP contribution in [0.15, 0.2) is 48.5 Å². The fraction of sp³-hybridized carbons (Fsp3) is 0.263. The molecular formula is C19H21NO4. The van der Waals surface area contributed by atoms with E-state index in [0.29, 0.717) is 23.0 Å². The van der Waals surface area contributed by atoms with Gasteiger partial charge in [-0.1, -0.05) is 26.0 Å². The van der Waals surface area contributed by atoms with E-state index in [0.717, 1.165) is 0 Å². The molecule has 0 bridgehead atoms. The van der Waals surface area contributed by atoms with Gasteiger partial charge >= 0.3 is 5.97 Å². The Morgan fingerprint density at radius 1 is 0.958 bits per heavy atom. The summed E-state index contributed by atoms with van der Waals surface area (Å²) in [6.45, 7) is 3.99. The molecule has 0 atom stereocenters. The maximum atomic E-state index is 12.0. The van der Waals surface area contributed by atoms with E-state index in [1.165, 1.54) is 5.56 Å². The zero-order chi connectivity index (χ0) is 17.5. The monoisotopic (exact) mass is 327 g/mol. The number of methoxy groups -OCH3 is 1. The van der Waals surface area contributed by atoms with Gasteiger partial charge in [-0.2, -0.15) is 0 Å². The smallest absolute Gasteiger partial charge is 0.330 e. The average Bonchev–Trinajstić information content (AvgIpc) is 2.60.